The van der Waals surface area contributed by atoms with Gasteiger partial charge in [-0.15, -0.1) is 0 Å². The molecule has 0 heterocycles. The standard InChI is InChI=1S/C28H22O10/c29-23(30)21-5-1-3-15-27(21,25(33)34)37-19-11-7-17(8-12-19)18-9-13-20(14-10-18)38-28(26(35)36)16-4-2-6-22(28)24(31)32/h1-16,21-22H,(H,29,30)(H,31,32)(H,33,34)(H,35,36). The number of carboxylic acids is 4. The summed E-state index contributed by atoms with van der Waals surface area (Å²) in [6.45, 7) is 0. The van der Waals surface area contributed by atoms with Crippen molar-refractivity contribution in [1.29, 1.82) is 0 Å². The topological polar surface area (TPSA) is 168 Å². The lowest BCUT2D eigenvalue weighted by atomic mass is 9.83. The van der Waals surface area contributed by atoms with Gasteiger partial charge in [-0.1, -0.05) is 60.7 Å². The summed E-state index contributed by atoms with van der Waals surface area (Å²) < 4.78 is 11.4. The zero-order valence-electron chi connectivity index (χ0n) is 19.6. The predicted octanol–water partition coefficient (Wildman–Crippen LogP) is 3.41. The van der Waals surface area contributed by atoms with E-state index in [9.17, 15) is 39.6 Å². The van der Waals surface area contributed by atoms with Crippen LogP contribution in [0.4, 0.5) is 0 Å². The van der Waals surface area contributed by atoms with E-state index in [1.54, 1.807) is 24.3 Å². The molecule has 2 aliphatic carbocycles. The number of hydrogen-bond donors (Lipinski definition) is 4. The average Bonchev–Trinajstić information content (AvgIpc) is 2.89. The van der Waals surface area contributed by atoms with Gasteiger partial charge in [-0.05, 0) is 47.5 Å². The highest BCUT2D eigenvalue weighted by Crippen LogP contribution is 2.35. The van der Waals surface area contributed by atoms with Crippen LogP contribution in [0.3, 0.4) is 0 Å². The van der Waals surface area contributed by atoms with Crippen LogP contribution in [-0.4, -0.2) is 55.5 Å². The Bertz CT molecular complexity index is 1280. The molecule has 0 radical (unpaired) electrons. The van der Waals surface area contributed by atoms with Crippen molar-refractivity contribution in [2.45, 2.75) is 11.2 Å². The third kappa shape index (κ3) is 4.66. The lowest BCUT2D eigenvalue weighted by molar-refractivity contribution is -0.162. The molecule has 2 aliphatic rings. The maximum atomic E-state index is 12.0. The molecule has 10 nitrogen and oxygen atoms in total. The molecule has 2 aromatic rings. The van der Waals surface area contributed by atoms with E-state index in [4.69, 9.17) is 9.47 Å². The highest BCUT2D eigenvalue weighted by Gasteiger charge is 2.51. The summed E-state index contributed by atoms with van der Waals surface area (Å²) in [6, 6.07) is 12.6. The summed E-state index contributed by atoms with van der Waals surface area (Å²) in [4.78, 5) is 47.4. The Morgan fingerprint density at radius 2 is 0.895 bits per heavy atom. The largest absolute Gasteiger partial charge is 0.481 e. The minimum atomic E-state index is -2.11. The molecule has 0 aromatic heterocycles. The second-order valence-electron chi connectivity index (χ2n) is 8.57. The SMILES string of the molecule is O=C(O)C1C=CC=CC1(Oc1ccc(-c2ccc(OC3(C(=O)O)C=CC=CC3C(=O)O)cc2)cc1)C(=O)O. The number of hydrogen-bond acceptors (Lipinski definition) is 6. The highest BCUT2D eigenvalue weighted by atomic mass is 16.5. The fourth-order valence-electron chi connectivity index (χ4n) is 4.28. The normalized spacial score (nSPS) is 25.5. The van der Waals surface area contributed by atoms with Crippen LogP contribution < -0.4 is 9.47 Å². The molecular weight excluding hydrogens is 496 g/mol. The summed E-state index contributed by atoms with van der Waals surface area (Å²) in [5, 5.41) is 38.6. The Balaban J connectivity index is 1.54. The monoisotopic (exact) mass is 518 g/mol. The van der Waals surface area contributed by atoms with Gasteiger partial charge in [-0.3, -0.25) is 9.59 Å². The van der Waals surface area contributed by atoms with Crippen LogP contribution >= 0.6 is 0 Å². The molecule has 4 N–H and O–H groups in total. The molecule has 4 unspecified atom stereocenters. The van der Waals surface area contributed by atoms with Crippen LogP contribution in [0.5, 0.6) is 11.5 Å². The van der Waals surface area contributed by atoms with Crippen LogP contribution in [0, 0.1) is 11.8 Å². The number of carboxylic acid groups (broad SMARTS) is 4. The summed E-state index contributed by atoms with van der Waals surface area (Å²) in [5.41, 5.74) is -2.84. The van der Waals surface area contributed by atoms with Crippen LogP contribution in [0.15, 0.2) is 97.1 Å². The molecule has 10 heteroatoms. The van der Waals surface area contributed by atoms with Crippen molar-refractivity contribution in [2.24, 2.45) is 11.8 Å². The van der Waals surface area contributed by atoms with Gasteiger partial charge in [-0.25, -0.2) is 9.59 Å². The van der Waals surface area contributed by atoms with Gasteiger partial charge in [-0.2, -0.15) is 0 Å². The van der Waals surface area contributed by atoms with Gasteiger partial charge in [0.05, 0.1) is 0 Å². The van der Waals surface area contributed by atoms with Gasteiger partial charge in [0.2, 0.25) is 11.2 Å². The molecule has 0 saturated heterocycles. The zero-order valence-corrected chi connectivity index (χ0v) is 19.6. The number of rotatable bonds is 9. The molecule has 0 fully saturated rings. The van der Waals surface area contributed by atoms with Crippen LogP contribution in [0.2, 0.25) is 0 Å². The van der Waals surface area contributed by atoms with E-state index in [1.165, 1.54) is 72.9 Å². The third-order valence-corrected chi connectivity index (χ3v) is 6.26. The Morgan fingerprint density at radius 3 is 1.18 bits per heavy atom. The Hall–Kier alpha value is -5.12. The first-order valence-electron chi connectivity index (χ1n) is 11.3. The van der Waals surface area contributed by atoms with E-state index in [-0.39, 0.29) is 11.5 Å². The van der Waals surface area contributed by atoms with E-state index >= 15 is 0 Å². The predicted molar refractivity (Wildman–Crippen MR) is 133 cm³/mol. The van der Waals surface area contributed by atoms with Gasteiger partial charge < -0.3 is 29.9 Å². The quantitative estimate of drug-likeness (QED) is 0.386. The second-order valence-corrected chi connectivity index (χ2v) is 8.57. The molecule has 38 heavy (non-hydrogen) atoms. The van der Waals surface area contributed by atoms with Gasteiger partial charge in [0.15, 0.2) is 0 Å². The third-order valence-electron chi connectivity index (χ3n) is 6.26. The number of benzene rings is 2. The first-order valence-corrected chi connectivity index (χ1v) is 11.3. The first kappa shape index (κ1) is 26.0. The first-order chi connectivity index (χ1) is 18.1. The minimum Gasteiger partial charge on any atom is -0.481 e. The fourth-order valence-corrected chi connectivity index (χ4v) is 4.28. The van der Waals surface area contributed by atoms with Crippen molar-refractivity contribution >= 4 is 23.9 Å². The van der Waals surface area contributed by atoms with Gasteiger partial charge >= 0.3 is 23.9 Å². The Morgan fingerprint density at radius 1 is 0.553 bits per heavy atom. The fraction of sp³-hybridized carbons (Fsp3) is 0.143. The maximum Gasteiger partial charge on any atom is 0.353 e. The zero-order chi connectivity index (χ0) is 27.5. The van der Waals surface area contributed by atoms with Gasteiger partial charge in [0.25, 0.3) is 0 Å². The molecule has 0 amide bonds. The Kier molecular flexibility index (Phi) is 6.89. The molecule has 2 aromatic carbocycles. The van der Waals surface area contributed by atoms with Crippen molar-refractivity contribution in [3.05, 3.63) is 97.1 Å². The van der Waals surface area contributed by atoms with E-state index in [1.807, 2.05) is 0 Å². The number of carbonyl (C=O) groups is 4. The number of aliphatic carboxylic acids is 4. The molecule has 194 valence electrons. The maximum absolute atomic E-state index is 12.0. The summed E-state index contributed by atoms with van der Waals surface area (Å²) in [7, 11) is 0. The lowest BCUT2D eigenvalue weighted by Crippen LogP contribution is -2.52. The van der Waals surface area contributed by atoms with E-state index < -0.39 is 46.9 Å². The second kappa shape index (κ2) is 10.1. The highest BCUT2D eigenvalue weighted by molar-refractivity contribution is 5.91. The summed E-state index contributed by atoms with van der Waals surface area (Å²) in [6.07, 6.45) is 10.6. The van der Waals surface area contributed by atoms with Crippen molar-refractivity contribution in [2.75, 3.05) is 0 Å². The smallest absolute Gasteiger partial charge is 0.353 e. The van der Waals surface area contributed by atoms with Crippen molar-refractivity contribution in [3.63, 3.8) is 0 Å². The van der Waals surface area contributed by atoms with Crippen LogP contribution in [0.1, 0.15) is 0 Å². The number of allylic oxidation sites excluding steroid dienone is 4. The molecular formula is C28H22O10. The molecule has 0 aliphatic heterocycles. The molecule has 0 spiro atoms. The summed E-state index contributed by atoms with van der Waals surface area (Å²) >= 11 is 0. The Labute approximate surface area is 216 Å². The van der Waals surface area contributed by atoms with Gasteiger partial charge in [0, 0.05) is 0 Å². The molecule has 4 rings (SSSR count). The molecule has 0 bridgehead atoms. The summed E-state index contributed by atoms with van der Waals surface area (Å²) in [5.74, 6) is -8.15. The van der Waals surface area contributed by atoms with Crippen LogP contribution in [-0.2, 0) is 19.2 Å². The van der Waals surface area contributed by atoms with E-state index in [0.29, 0.717) is 11.1 Å². The van der Waals surface area contributed by atoms with Gasteiger partial charge in [0.1, 0.15) is 23.3 Å². The van der Waals surface area contributed by atoms with Crippen LogP contribution in [0.25, 0.3) is 11.1 Å². The van der Waals surface area contributed by atoms with Crippen molar-refractivity contribution in [3.8, 4) is 22.6 Å². The van der Waals surface area contributed by atoms with Crippen molar-refractivity contribution in [1.82, 2.24) is 0 Å². The number of ether oxygens (including phenoxy) is 2. The van der Waals surface area contributed by atoms with Crippen molar-refractivity contribution < 1.29 is 49.1 Å². The minimum absolute atomic E-state index is 0.141. The average molecular weight is 518 g/mol. The van der Waals surface area contributed by atoms with E-state index in [0.717, 1.165) is 0 Å². The van der Waals surface area contributed by atoms with E-state index in [2.05, 4.69) is 0 Å². The molecule has 0 saturated carbocycles. The lowest BCUT2D eigenvalue weighted by Gasteiger charge is -2.32. The molecule has 4 atom stereocenters.